The third-order valence-electron chi connectivity index (χ3n) is 6.62. The Morgan fingerprint density at radius 1 is 1.15 bits per heavy atom. The van der Waals surface area contributed by atoms with Gasteiger partial charge in [0.1, 0.15) is 5.15 Å². The summed E-state index contributed by atoms with van der Waals surface area (Å²) in [5.74, 6) is -0.201. The number of piperidine rings is 1. The summed E-state index contributed by atoms with van der Waals surface area (Å²) in [5.41, 5.74) is 12.3. The Morgan fingerprint density at radius 2 is 1.91 bits per heavy atom. The normalized spacial score (nSPS) is 20.8. The topological polar surface area (TPSA) is 118 Å². The maximum absolute atomic E-state index is 11.5. The Morgan fingerprint density at radius 3 is 2.55 bits per heavy atom. The van der Waals surface area contributed by atoms with E-state index in [1.807, 2.05) is 18.3 Å². The van der Waals surface area contributed by atoms with Gasteiger partial charge in [0.2, 0.25) is 0 Å². The molecule has 2 saturated heterocycles. The van der Waals surface area contributed by atoms with Crippen LogP contribution in [0.3, 0.4) is 0 Å². The zero-order chi connectivity index (χ0) is 23.5. The minimum absolute atomic E-state index is 0.0145. The van der Waals surface area contributed by atoms with Crippen LogP contribution in [0, 0.1) is 0 Å². The molecule has 9 nitrogen and oxygen atoms in total. The van der Waals surface area contributed by atoms with E-state index >= 15 is 0 Å². The van der Waals surface area contributed by atoms with Gasteiger partial charge >= 0.3 is 0 Å². The van der Waals surface area contributed by atoms with Gasteiger partial charge < -0.3 is 16.4 Å². The SMILES string of the molecule is CC[C@H]1CN(c2nc(N)c(C(N)=O)nc2Cl)CCN1C1CCN(Cc2ccc(Cl)nc2)CC1. The largest absolute Gasteiger partial charge is 0.382 e. The van der Waals surface area contributed by atoms with E-state index in [-0.39, 0.29) is 16.7 Å². The predicted molar refractivity (Wildman–Crippen MR) is 131 cm³/mol. The lowest BCUT2D eigenvalue weighted by atomic mass is 9.98. The molecule has 4 heterocycles. The average molecular weight is 493 g/mol. The Labute approximate surface area is 204 Å². The minimum Gasteiger partial charge on any atom is -0.382 e. The van der Waals surface area contributed by atoms with Gasteiger partial charge in [-0.25, -0.2) is 15.0 Å². The van der Waals surface area contributed by atoms with Crippen LogP contribution in [-0.4, -0.2) is 75.5 Å². The van der Waals surface area contributed by atoms with Gasteiger partial charge in [-0.3, -0.25) is 14.6 Å². The van der Waals surface area contributed by atoms with Crippen LogP contribution in [0.2, 0.25) is 10.3 Å². The summed E-state index contributed by atoms with van der Waals surface area (Å²) in [5, 5.41) is 0.687. The maximum Gasteiger partial charge on any atom is 0.271 e. The fraction of sp³-hybridized carbons (Fsp3) is 0.545. The lowest BCUT2D eigenvalue weighted by molar-refractivity contribution is 0.0610. The van der Waals surface area contributed by atoms with Crippen molar-refractivity contribution in [3.8, 4) is 0 Å². The molecule has 1 atom stereocenters. The molecule has 2 aromatic heterocycles. The number of carbonyl (C=O) groups excluding carboxylic acids is 1. The molecular formula is C22H30Cl2N8O. The van der Waals surface area contributed by atoms with Crippen LogP contribution in [-0.2, 0) is 6.54 Å². The number of rotatable bonds is 6. The first-order valence-corrected chi connectivity index (χ1v) is 12.1. The zero-order valence-corrected chi connectivity index (χ0v) is 20.3. The summed E-state index contributed by atoms with van der Waals surface area (Å²) in [4.78, 5) is 31.3. The second-order valence-electron chi connectivity index (χ2n) is 8.68. The number of piperazine rings is 1. The minimum atomic E-state index is -0.733. The average Bonchev–Trinajstić information content (AvgIpc) is 2.82. The highest BCUT2D eigenvalue weighted by Crippen LogP contribution is 2.29. The first-order chi connectivity index (χ1) is 15.9. The van der Waals surface area contributed by atoms with Crippen molar-refractivity contribution in [2.75, 3.05) is 43.4 Å². The molecule has 178 valence electrons. The van der Waals surface area contributed by atoms with Gasteiger partial charge in [-0.1, -0.05) is 36.2 Å². The molecule has 0 aliphatic carbocycles. The molecule has 33 heavy (non-hydrogen) atoms. The first-order valence-electron chi connectivity index (χ1n) is 11.3. The molecule has 2 aliphatic rings. The molecule has 2 aromatic rings. The molecular weight excluding hydrogens is 463 g/mol. The number of likely N-dealkylation sites (tertiary alicyclic amines) is 1. The monoisotopic (exact) mass is 492 g/mol. The Balaban J connectivity index is 1.36. The highest BCUT2D eigenvalue weighted by Gasteiger charge is 2.34. The third kappa shape index (κ3) is 5.48. The number of nitrogens with two attached hydrogens (primary N) is 2. The quantitative estimate of drug-likeness (QED) is 0.590. The number of aromatic nitrogens is 3. The Kier molecular flexibility index (Phi) is 7.53. The fourth-order valence-corrected chi connectivity index (χ4v) is 5.23. The van der Waals surface area contributed by atoms with E-state index in [1.54, 1.807) is 0 Å². The number of pyridine rings is 1. The summed E-state index contributed by atoms with van der Waals surface area (Å²) in [7, 11) is 0. The van der Waals surface area contributed by atoms with Crippen LogP contribution < -0.4 is 16.4 Å². The van der Waals surface area contributed by atoms with E-state index in [0.29, 0.717) is 23.1 Å². The van der Waals surface area contributed by atoms with Gasteiger partial charge in [-0.05, 0) is 44.0 Å². The molecule has 0 bridgehead atoms. The smallest absolute Gasteiger partial charge is 0.271 e. The zero-order valence-electron chi connectivity index (χ0n) is 18.8. The van der Waals surface area contributed by atoms with Crippen LogP contribution >= 0.6 is 23.2 Å². The van der Waals surface area contributed by atoms with E-state index in [4.69, 9.17) is 34.7 Å². The number of amides is 1. The van der Waals surface area contributed by atoms with Crippen molar-refractivity contribution in [2.45, 2.75) is 44.8 Å². The van der Waals surface area contributed by atoms with Crippen molar-refractivity contribution in [1.29, 1.82) is 0 Å². The lowest BCUT2D eigenvalue weighted by Gasteiger charge is -2.47. The van der Waals surface area contributed by atoms with Crippen molar-refractivity contribution >= 4 is 40.7 Å². The lowest BCUT2D eigenvalue weighted by Crippen LogP contribution is -2.58. The number of nitrogen functional groups attached to an aromatic ring is 1. The van der Waals surface area contributed by atoms with E-state index < -0.39 is 5.91 Å². The van der Waals surface area contributed by atoms with Gasteiger partial charge in [0, 0.05) is 44.5 Å². The van der Waals surface area contributed by atoms with Gasteiger partial charge in [0.25, 0.3) is 5.91 Å². The van der Waals surface area contributed by atoms with Crippen molar-refractivity contribution in [3.05, 3.63) is 39.9 Å². The van der Waals surface area contributed by atoms with Gasteiger partial charge in [0.15, 0.2) is 22.5 Å². The molecule has 4 rings (SSSR count). The number of nitrogens with zero attached hydrogens (tertiary/aromatic N) is 6. The molecule has 0 unspecified atom stereocenters. The van der Waals surface area contributed by atoms with Crippen LogP contribution in [0.4, 0.5) is 11.6 Å². The second-order valence-corrected chi connectivity index (χ2v) is 9.42. The summed E-state index contributed by atoms with van der Waals surface area (Å²) in [6.07, 6.45) is 5.15. The van der Waals surface area contributed by atoms with Gasteiger partial charge in [0.05, 0.1) is 0 Å². The predicted octanol–water partition coefficient (Wildman–Crippen LogP) is 2.42. The third-order valence-corrected chi connectivity index (χ3v) is 7.09. The van der Waals surface area contributed by atoms with Crippen LogP contribution in [0.15, 0.2) is 18.3 Å². The van der Waals surface area contributed by atoms with Crippen LogP contribution in [0.25, 0.3) is 0 Å². The highest BCUT2D eigenvalue weighted by molar-refractivity contribution is 6.32. The van der Waals surface area contributed by atoms with E-state index in [1.165, 1.54) is 5.56 Å². The summed E-state index contributed by atoms with van der Waals surface area (Å²) in [6.45, 7) is 7.72. The van der Waals surface area contributed by atoms with Crippen molar-refractivity contribution in [3.63, 3.8) is 0 Å². The molecule has 11 heteroatoms. The molecule has 1 amide bonds. The number of hydrogen-bond donors (Lipinski definition) is 2. The molecule has 0 aromatic carbocycles. The standard InChI is InChI=1S/C22H30Cl2N8O/c1-2-15-13-31(22-19(24)28-18(21(26)33)20(25)29-22)9-10-32(15)16-5-7-30(8-6-16)12-14-3-4-17(23)27-11-14/h3-4,11,15-16H,2,5-10,12-13H2,1H3,(H2,25,29)(H2,26,33)/t15-/m0/s1. The molecule has 0 radical (unpaired) electrons. The molecule has 0 spiro atoms. The van der Waals surface area contributed by atoms with E-state index in [0.717, 1.165) is 58.5 Å². The maximum atomic E-state index is 11.5. The second kappa shape index (κ2) is 10.4. The molecule has 2 fully saturated rings. The first kappa shape index (κ1) is 23.9. The molecule has 2 aliphatic heterocycles. The summed E-state index contributed by atoms with van der Waals surface area (Å²) in [6, 6.07) is 4.83. The van der Waals surface area contributed by atoms with E-state index in [9.17, 15) is 4.79 Å². The van der Waals surface area contributed by atoms with Crippen molar-refractivity contribution in [1.82, 2.24) is 24.8 Å². The Hall–Kier alpha value is -2.20. The van der Waals surface area contributed by atoms with Gasteiger partial charge in [-0.2, -0.15) is 0 Å². The number of anilines is 2. The summed E-state index contributed by atoms with van der Waals surface area (Å²) < 4.78 is 0. The highest BCUT2D eigenvalue weighted by atomic mass is 35.5. The number of hydrogen-bond acceptors (Lipinski definition) is 8. The van der Waals surface area contributed by atoms with Crippen molar-refractivity contribution < 1.29 is 4.79 Å². The fourth-order valence-electron chi connectivity index (χ4n) is 4.87. The number of carbonyl (C=O) groups is 1. The number of halogens is 2. The van der Waals surface area contributed by atoms with Gasteiger partial charge in [-0.15, -0.1) is 0 Å². The van der Waals surface area contributed by atoms with Crippen LogP contribution in [0.1, 0.15) is 42.2 Å². The summed E-state index contributed by atoms with van der Waals surface area (Å²) >= 11 is 12.2. The Bertz CT molecular complexity index is 981. The molecule has 4 N–H and O–H groups in total. The van der Waals surface area contributed by atoms with E-state index in [2.05, 4.69) is 36.6 Å². The van der Waals surface area contributed by atoms with Crippen molar-refractivity contribution in [2.24, 2.45) is 5.73 Å². The van der Waals surface area contributed by atoms with Crippen LogP contribution in [0.5, 0.6) is 0 Å². The molecule has 0 saturated carbocycles. The number of primary amides is 1.